The van der Waals surface area contributed by atoms with Crippen LogP contribution >= 0.6 is 0 Å². The Hall–Kier alpha value is -2.73. The maximum absolute atomic E-state index is 12.6. The SMILES string of the molecule is CC(=O)Nc1cccc([C@@H]2CN(Cc3ncccc3C)C[C@]23CCCCC(=O)N3)c1. The largest absolute Gasteiger partial charge is 0.349 e. The van der Waals surface area contributed by atoms with E-state index in [9.17, 15) is 9.59 Å². The van der Waals surface area contributed by atoms with E-state index in [0.29, 0.717) is 6.42 Å². The average Bonchev–Trinajstić information content (AvgIpc) is 2.92. The van der Waals surface area contributed by atoms with Crippen LogP contribution in [0.25, 0.3) is 0 Å². The number of nitrogens with zero attached hydrogens (tertiary/aromatic N) is 2. The molecule has 158 valence electrons. The standard InChI is InChI=1S/C24H30N4O2/c1-17-7-6-12-25-22(17)15-28-14-21(19-8-5-9-20(13-19)26-18(2)29)24(16-28)11-4-3-10-23(30)27-24/h5-9,12-13,21H,3-4,10-11,14-16H2,1-2H3,(H,26,29)(H,27,30)/t21-,24+/m0/s1. The molecule has 2 N–H and O–H groups in total. The van der Waals surface area contributed by atoms with Crippen molar-refractivity contribution < 1.29 is 9.59 Å². The number of rotatable bonds is 4. The fourth-order valence-corrected chi connectivity index (χ4v) is 4.99. The lowest BCUT2D eigenvalue weighted by Crippen LogP contribution is -2.52. The van der Waals surface area contributed by atoms with E-state index in [1.807, 2.05) is 24.4 Å². The lowest BCUT2D eigenvalue weighted by atomic mass is 9.79. The Kier molecular flexibility index (Phi) is 5.86. The van der Waals surface area contributed by atoms with Crippen molar-refractivity contribution in [3.8, 4) is 0 Å². The number of pyridine rings is 1. The minimum atomic E-state index is -0.287. The second-order valence-corrected chi connectivity index (χ2v) is 8.71. The molecule has 2 atom stereocenters. The fourth-order valence-electron chi connectivity index (χ4n) is 4.99. The lowest BCUT2D eigenvalue weighted by Gasteiger charge is -2.35. The van der Waals surface area contributed by atoms with Gasteiger partial charge in [-0.05, 0) is 49.1 Å². The van der Waals surface area contributed by atoms with Crippen LogP contribution in [0.1, 0.15) is 55.3 Å². The predicted molar refractivity (Wildman–Crippen MR) is 117 cm³/mol. The van der Waals surface area contributed by atoms with Gasteiger partial charge in [0.05, 0.1) is 11.2 Å². The Labute approximate surface area is 178 Å². The predicted octanol–water partition coefficient (Wildman–Crippen LogP) is 3.38. The van der Waals surface area contributed by atoms with Crippen LogP contribution < -0.4 is 10.6 Å². The number of carbonyl (C=O) groups is 2. The summed E-state index contributed by atoms with van der Waals surface area (Å²) in [6.07, 6.45) is 5.38. The molecule has 6 nitrogen and oxygen atoms in total. The van der Waals surface area contributed by atoms with E-state index in [4.69, 9.17) is 0 Å². The summed E-state index contributed by atoms with van der Waals surface area (Å²) < 4.78 is 0. The maximum atomic E-state index is 12.6. The monoisotopic (exact) mass is 406 g/mol. The Balaban J connectivity index is 1.66. The summed E-state index contributed by atoms with van der Waals surface area (Å²) in [5, 5.41) is 6.29. The van der Waals surface area contributed by atoms with Crippen molar-refractivity contribution in [3.63, 3.8) is 0 Å². The quantitative estimate of drug-likeness (QED) is 0.816. The van der Waals surface area contributed by atoms with Crippen LogP contribution in [-0.2, 0) is 16.1 Å². The molecule has 0 aliphatic carbocycles. The van der Waals surface area contributed by atoms with Gasteiger partial charge >= 0.3 is 0 Å². The first-order chi connectivity index (χ1) is 14.4. The first kappa shape index (κ1) is 20.5. The zero-order chi connectivity index (χ0) is 21.1. The van der Waals surface area contributed by atoms with Crippen molar-refractivity contribution >= 4 is 17.5 Å². The van der Waals surface area contributed by atoms with Crippen LogP contribution in [0.3, 0.4) is 0 Å². The smallest absolute Gasteiger partial charge is 0.221 e. The van der Waals surface area contributed by atoms with E-state index in [0.717, 1.165) is 55.8 Å². The molecule has 2 amide bonds. The van der Waals surface area contributed by atoms with Gasteiger partial charge in [0.2, 0.25) is 11.8 Å². The number of benzene rings is 1. The summed E-state index contributed by atoms with van der Waals surface area (Å²) in [6, 6.07) is 12.1. The van der Waals surface area contributed by atoms with Crippen LogP contribution in [0, 0.1) is 6.92 Å². The number of aromatic nitrogens is 1. The summed E-state index contributed by atoms with van der Waals surface area (Å²) in [4.78, 5) is 31.1. The molecule has 3 heterocycles. The molecule has 30 heavy (non-hydrogen) atoms. The van der Waals surface area contributed by atoms with Crippen molar-refractivity contribution in [1.29, 1.82) is 0 Å². The normalized spacial score (nSPS) is 24.5. The van der Waals surface area contributed by atoms with Gasteiger partial charge in [-0.1, -0.05) is 24.6 Å². The molecule has 1 aromatic carbocycles. The third kappa shape index (κ3) is 4.38. The summed E-state index contributed by atoms with van der Waals surface area (Å²) in [5.41, 5.74) is 3.94. The van der Waals surface area contributed by atoms with Gasteiger partial charge in [-0.15, -0.1) is 0 Å². The van der Waals surface area contributed by atoms with E-state index in [2.05, 4.69) is 45.6 Å². The number of anilines is 1. The molecule has 0 unspecified atom stereocenters. The third-order valence-electron chi connectivity index (χ3n) is 6.38. The molecule has 2 aromatic rings. The van der Waals surface area contributed by atoms with Gasteiger partial charge < -0.3 is 10.6 Å². The van der Waals surface area contributed by atoms with Crippen LogP contribution in [0.5, 0.6) is 0 Å². The van der Waals surface area contributed by atoms with E-state index in [1.54, 1.807) is 0 Å². The van der Waals surface area contributed by atoms with E-state index >= 15 is 0 Å². The number of carbonyl (C=O) groups excluding carboxylic acids is 2. The molecule has 0 saturated carbocycles. The van der Waals surface area contributed by atoms with Crippen molar-refractivity contribution in [2.24, 2.45) is 0 Å². The molecular formula is C24H30N4O2. The van der Waals surface area contributed by atoms with Crippen molar-refractivity contribution in [2.75, 3.05) is 18.4 Å². The highest BCUT2D eigenvalue weighted by molar-refractivity contribution is 5.88. The fraction of sp³-hybridized carbons (Fsp3) is 0.458. The van der Waals surface area contributed by atoms with E-state index in [1.165, 1.54) is 12.5 Å². The molecular weight excluding hydrogens is 376 g/mol. The molecule has 0 bridgehead atoms. The Bertz CT molecular complexity index is 944. The van der Waals surface area contributed by atoms with E-state index in [-0.39, 0.29) is 23.3 Å². The molecule has 2 aliphatic heterocycles. The zero-order valence-electron chi connectivity index (χ0n) is 17.8. The van der Waals surface area contributed by atoms with Crippen molar-refractivity contribution in [3.05, 3.63) is 59.4 Å². The summed E-state index contributed by atoms with van der Waals surface area (Å²) in [6.45, 7) is 6.04. The van der Waals surface area contributed by atoms with Gasteiger partial charge in [0, 0.05) is 50.8 Å². The molecule has 2 fully saturated rings. The highest BCUT2D eigenvalue weighted by atomic mass is 16.2. The van der Waals surface area contributed by atoms with Gasteiger partial charge in [-0.2, -0.15) is 0 Å². The van der Waals surface area contributed by atoms with Gasteiger partial charge in [0.15, 0.2) is 0 Å². The number of hydrogen-bond acceptors (Lipinski definition) is 4. The van der Waals surface area contributed by atoms with E-state index < -0.39 is 0 Å². The molecule has 6 heteroatoms. The number of aryl methyl sites for hydroxylation is 1. The molecule has 4 rings (SSSR count). The first-order valence-electron chi connectivity index (χ1n) is 10.8. The number of nitrogens with one attached hydrogen (secondary N) is 2. The highest BCUT2D eigenvalue weighted by Gasteiger charge is 2.48. The van der Waals surface area contributed by atoms with Crippen LogP contribution in [-0.4, -0.2) is 40.3 Å². The van der Waals surface area contributed by atoms with Crippen molar-refractivity contribution in [1.82, 2.24) is 15.2 Å². The second kappa shape index (κ2) is 8.56. The molecule has 0 radical (unpaired) electrons. The summed E-state index contributed by atoms with van der Waals surface area (Å²) in [5.74, 6) is 0.229. The van der Waals surface area contributed by atoms with Crippen LogP contribution in [0.15, 0.2) is 42.6 Å². The Morgan fingerprint density at radius 3 is 2.97 bits per heavy atom. The van der Waals surface area contributed by atoms with Crippen molar-refractivity contribution in [2.45, 2.75) is 57.5 Å². The molecule has 1 spiro atoms. The minimum absolute atomic E-state index is 0.0803. The molecule has 1 aromatic heterocycles. The van der Waals surface area contributed by atoms with Gasteiger partial charge in [0.25, 0.3) is 0 Å². The Morgan fingerprint density at radius 1 is 1.30 bits per heavy atom. The summed E-state index contributed by atoms with van der Waals surface area (Å²) >= 11 is 0. The lowest BCUT2D eigenvalue weighted by molar-refractivity contribution is -0.122. The van der Waals surface area contributed by atoms with Gasteiger partial charge in [-0.25, -0.2) is 0 Å². The Morgan fingerprint density at radius 2 is 2.17 bits per heavy atom. The van der Waals surface area contributed by atoms with Gasteiger partial charge in [-0.3, -0.25) is 19.5 Å². The maximum Gasteiger partial charge on any atom is 0.221 e. The highest BCUT2D eigenvalue weighted by Crippen LogP contribution is 2.42. The van der Waals surface area contributed by atoms with Crippen LogP contribution in [0.4, 0.5) is 5.69 Å². The zero-order valence-corrected chi connectivity index (χ0v) is 17.8. The number of hydrogen-bond donors (Lipinski definition) is 2. The topological polar surface area (TPSA) is 74.3 Å². The average molecular weight is 407 g/mol. The number of likely N-dealkylation sites (tertiary alicyclic amines) is 1. The van der Waals surface area contributed by atoms with Crippen LogP contribution in [0.2, 0.25) is 0 Å². The van der Waals surface area contributed by atoms with Gasteiger partial charge in [0.1, 0.15) is 0 Å². The minimum Gasteiger partial charge on any atom is -0.349 e. The number of amides is 2. The third-order valence-corrected chi connectivity index (χ3v) is 6.38. The second-order valence-electron chi connectivity index (χ2n) is 8.71. The first-order valence-corrected chi connectivity index (χ1v) is 10.8. The molecule has 2 aliphatic rings. The molecule has 2 saturated heterocycles. The summed E-state index contributed by atoms with van der Waals surface area (Å²) in [7, 11) is 0.